The summed E-state index contributed by atoms with van der Waals surface area (Å²) in [5.74, 6) is 0. The Bertz CT molecular complexity index is 463. The van der Waals surface area contributed by atoms with Gasteiger partial charge in [-0.15, -0.1) is 0 Å². The number of urea groups is 1. The predicted molar refractivity (Wildman–Crippen MR) is 80.9 cm³/mol. The number of hydrogen-bond donors (Lipinski definition) is 2. The standard InChI is InChI=1S/C13H19Cl2N3O/c1-13(2,7-16)8-18(3)12(19)17-11-6-9(14)4-5-10(11)15/h4-6H,7-8,16H2,1-3H3,(H,17,19). The number of benzene rings is 1. The molecule has 0 aliphatic rings. The number of nitrogens with zero attached hydrogens (tertiary/aromatic N) is 1. The lowest BCUT2D eigenvalue weighted by Gasteiger charge is -2.29. The largest absolute Gasteiger partial charge is 0.330 e. The van der Waals surface area contributed by atoms with Crippen LogP contribution in [0.15, 0.2) is 18.2 Å². The first-order chi connectivity index (χ1) is 8.75. The zero-order valence-corrected chi connectivity index (χ0v) is 12.8. The molecule has 0 saturated heterocycles. The summed E-state index contributed by atoms with van der Waals surface area (Å²) < 4.78 is 0. The summed E-state index contributed by atoms with van der Waals surface area (Å²) >= 11 is 11.9. The summed E-state index contributed by atoms with van der Waals surface area (Å²) in [7, 11) is 1.71. The van der Waals surface area contributed by atoms with E-state index in [0.29, 0.717) is 28.8 Å². The Morgan fingerprint density at radius 2 is 2.05 bits per heavy atom. The minimum absolute atomic E-state index is 0.135. The highest BCUT2D eigenvalue weighted by molar-refractivity contribution is 6.35. The Morgan fingerprint density at radius 1 is 1.42 bits per heavy atom. The third-order valence-electron chi connectivity index (χ3n) is 2.73. The minimum Gasteiger partial charge on any atom is -0.330 e. The maximum absolute atomic E-state index is 12.0. The minimum atomic E-state index is -0.245. The topological polar surface area (TPSA) is 58.4 Å². The zero-order valence-electron chi connectivity index (χ0n) is 11.3. The van der Waals surface area contributed by atoms with Crippen molar-refractivity contribution in [2.45, 2.75) is 13.8 Å². The third kappa shape index (κ3) is 4.90. The summed E-state index contributed by atoms with van der Waals surface area (Å²) in [6.07, 6.45) is 0. The number of nitrogens with one attached hydrogen (secondary N) is 1. The lowest BCUT2D eigenvalue weighted by atomic mass is 9.93. The van der Waals surface area contributed by atoms with Crippen LogP contribution in [0.25, 0.3) is 0 Å². The van der Waals surface area contributed by atoms with Crippen LogP contribution in [0.5, 0.6) is 0 Å². The second-order valence-corrected chi connectivity index (χ2v) is 6.12. The van der Waals surface area contributed by atoms with Gasteiger partial charge in [-0.3, -0.25) is 0 Å². The van der Waals surface area contributed by atoms with Crippen LogP contribution in [0, 0.1) is 5.41 Å². The van der Waals surface area contributed by atoms with E-state index >= 15 is 0 Å². The van der Waals surface area contributed by atoms with Crippen LogP contribution < -0.4 is 11.1 Å². The Kier molecular flexibility index (Phi) is 5.47. The molecule has 0 saturated carbocycles. The summed E-state index contributed by atoms with van der Waals surface area (Å²) in [6, 6.07) is 4.68. The van der Waals surface area contributed by atoms with E-state index in [4.69, 9.17) is 28.9 Å². The van der Waals surface area contributed by atoms with Gasteiger partial charge in [0.2, 0.25) is 0 Å². The number of carbonyl (C=O) groups is 1. The van der Waals surface area contributed by atoms with Gasteiger partial charge in [0.05, 0.1) is 10.7 Å². The summed E-state index contributed by atoms with van der Waals surface area (Å²) in [5.41, 5.74) is 6.02. The molecule has 0 heterocycles. The quantitative estimate of drug-likeness (QED) is 0.895. The highest BCUT2D eigenvalue weighted by Crippen LogP contribution is 2.25. The van der Waals surface area contributed by atoms with Crippen molar-refractivity contribution in [3.8, 4) is 0 Å². The molecule has 0 spiro atoms. The van der Waals surface area contributed by atoms with Gasteiger partial charge in [0.25, 0.3) is 0 Å². The lowest BCUT2D eigenvalue weighted by molar-refractivity contribution is 0.197. The SMILES string of the molecule is CN(CC(C)(C)CN)C(=O)Nc1cc(Cl)ccc1Cl. The van der Waals surface area contributed by atoms with Crippen molar-refractivity contribution < 1.29 is 4.79 Å². The highest BCUT2D eigenvalue weighted by Gasteiger charge is 2.21. The fraction of sp³-hybridized carbons (Fsp3) is 0.462. The number of anilines is 1. The summed E-state index contributed by atoms with van der Waals surface area (Å²) in [5, 5.41) is 3.69. The van der Waals surface area contributed by atoms with Crippen molar-refractivity contribution in [2.24, 2.45) is 11.1 Å². The molecule has 1 aromatic carbocycles. The molecule has 0 fully saturated rings. The van der Waals surface area contributed by atoms with Crippen LogP contribution in [0.2, 0.25) is 10.0 Å². The molecule has 3 N–H and O–H groups in total. The van der Waals surface area contributed by atoms with E-state index < -0.39 is 0 Å². The smallest absolute Gasteiger partial charge is 0.321 e. The molecule has 0 aromatic heterocycles. The van der Waals surface area contributed by atoms with E-state index in [1.54, 1.807) is 30.1 Å². The molecule has 1 rings (SSSR count). The van der Waals surface area contributed by atoms with Crippen molar-refractivity contribution >= 4 is 34.9 Å². The van der Waals surface area contributed by atoms with Gasteiger partial charge in [-0.05, 0) is 30.2 Å². The first-order valence-corrected chi connectivity index (χ1v) is 6.68. The average molecular weight is 304 g/mol. The van der Waals surface area contributed by atoms with E-state index in [1.165, 1.54) is 0 Å². The fourth-order valence-electron chi connectivity index (χ4n) is 1.58. The monoisotopic (exact) mass is 303 g/mol. The predicted octanol–water partition coefficient (Wildman–Crippen LogP) is 3.44. The van der Waals surface area contributed by atoms with E-state index in [0.717, 1.165) is 0 Å². The third-order valence-corrected chi connectivity index (χ3v) is 3.30. The molecular weight excluding hydrogens is 285 g/mol. The van der Waals surface area contributed by atoms with Gasteiger partial charge in [-0.2, -0.15) is 0 Å². The molecule has 0 radical (unpaired) electrons. The molecule has 4 nitrogen and oxygen atoms in total. The van der Waals surface area contributed by atoms with Gasteiger partial charge in [0.1, 0.15) is 0 Å². The van der Waals surface area contributed by atoms with Crippen molar-refractivity contribution in [2.75, 3.05) is 25.5 Å². The number of amides is 2. The van der Waals surface area contributed by atoms with E-state index in [2.05, 4.69) is 5.32 Å². The van der Waals surface area contributed by atoms with Crippen molar-refractivity contribution in [1.82, 2.24) is 4.90 Å². The number of hydrogen-bond acceptors (Lipinski definition) is 2. The van der Waals surface area contributed by atoms with Crippen LogP contribution in [0.4, 0.5) is 10.5 Å². The van der Waals surface area contributed by atoms with E-state index in [9.17, 15) is 4.79 Å². The molecular formula is C13H19Cl2N3O. The number of carbonyl (C=O) groups excluding carboxylic acids is 1. The van der Waals surface area contributed by atoms with Crippen LogP contribution in [-0.2, 0) is 0 Å². The first-order valence-electron chi connectivity index (χ1n) is 5.92. The maximum atomic E-state index is 12.0. The van der Waals surface area contributed by atoms with Gasteiger partial charge in [0, 0.05) is 18.6 Å². The normalized spacial score (nSPS) is 11.3. The number of rotatable bonds is 4. The molecule has 1 aromatic rings. The molecule has 19 heavy (non-hydrogen) atoms. The van der Waals surface area contributed by atoms with E-state index in [-0.39, 0.29) is 11.4 Å². The molecule has 6 heteroatoms. The summed E-state index contributed by atoms with van der Waals surface area (Å²) in [4.78, 5) is 13.6. The molecule has 106 valence electrons. The lowest BCUT2D eigenvalue weighted by Crippen LogP contribution is -2.41. The van der Waals surface area contributed by atoms with Crippen molar-refractivity contribution in [3.63, 3.8) is 0 Å². The van der Waals surface area contributed by atoms with Gasteiger partial charge in [-0.1, -0.05) is 37.0 Å². The van der Waals surface area contributed by atoms with Crippen molar-refractivity contribution in [3.05, 3.63) is 28.2 Å². The number of nitrogens with two attached hydrogens (primary N) is 1. The van der Waals surface area contributed by atoms with Crippen LogP contribution in [0.3, 0.4) is 0 Å². The van der Waals surface area contributed by atoms with Crippen LogP contribution in [-0.4, -0.2) is 31.1 Å². The number of halogens is 2. The van der Waals surface area contributed by atoms with Gasteiger partial charge >= 0.3 is 6.03 Å². The molecule has 2 amide bonds. The molecule has 0 bridgehead atoms. The summed E-state index contributed by atoms with van der Waals surface area (Å²) in [6.45, 7) is 5.06. The van der Waals surface area contributed by atoms with Gasteiger partial charge < -0.3 is 16.0 Å². The first kappa shape index (κ1) is 16.1. The van der Waals surface area contributed by atoms with Gasteiger partial charge in [0.15, 0.2) is 0 Å². The van der Waals surface area contributed by atoms with Crippen LogP contribution >= 0.6 is 23.2 Å². The Morgan fingerprint density at radius 3 is 2.63 bits per heavy atom. The second kappa shape index (κ2) is 6.46. The Balaban J connectivity index is 2.71. The molecule has 0 aliphatic carbocycles. The maximum Gasteiger partial charge on any atom is 0.321 e. The fourth-order valence-corrected chi connectivity index (χ4v) is 1.92. The zero-order chi connectivity index (χ0) is 14.6. The van der Waals surface area contributed by atoms with E-state index in [1.807, 2.05) is 13.8 Å². The second-order valence-electron chi connectivity index (χ2n) is 5.28. The highest BCUT2D eigenvalue weighted by atomic mass is 35.5. The Hall–Kier alpha value is -0.970. The average Bonchev–Trinajstić information content (AvgIpc) is 2.33. The Labute approximate surface area is 123 Å². The molecule has 0 unspecified atom stereocenters. The van der Waals surface area contributed by atoms with Crippen molar-refractivity contribution in [1.29, 1.82) is 0 Å². The van der Waals surface area contributed by atoms with Gasteiger partial charge in [-0.25, -0.2) is 4.79 Å². The van der Waals surface area contributed by atoms with Crippen LogP contribution in [0.1, 0.15) is 13.8 Å². The molecule has 0 aliphatic heterocycles. The molecule has 0 atom stereocenters.